The van der Waals surface area contributed by atoms with E-state index in [1.54, 1.807) is 6.07 Å². The van der Waals surface area contributed by atoms with E-state index >= 15 is 0 Å². The first kappa shape index (κ1) is 18.9. The van der Waals surface area contributed by atoms with E-state index in [2.05, 4.69) is 30.4 Å². The molecule has 5 rings (SSSR count). The number of carboxylic acid groups (broad SMARTS) is 1. The second-order valence-corrected chi connectivity index (χ2v) is 7.38. The van der Waals surface area contributed by atoms with Gasteiger partial charge in [0.2, 0.25) is 5.65 Å². The van der Waals surface area contributed by atoms with Crippen LogP contribution in [0, 0.1) is 0 Å². The van der Waals surface area contributed by atoms with E-state index in [-0.39, 0.29) is 23.0 Å². The highest BCUT2D eigenvalue weighted by molar-refractivity contribution is 5.86. The molecule has 10 heteroatoms. The summed E-state index contributed by atoms with van der Waals surface area (Å²) in [5, 5.41) is 19.2. The Kier molecular flexibility index (Phi) is 4.66. The Bertz CT molecular complexity index is 1320. The van der Waals surface area contributed by atoms with E-state index in [1.165, 1.54) is 12.3 Å². The van der Waals surface area contributed by atoms with Crippen molar-refractivity contribution in [2.24, 2.45) is 0 Å². The summed E-state index contributed by atoms with van der Waals surface area (Å²) in [7, 11) is 0. The average molecular weight is 418 g/mol. The Morgan fingerprint density at radius 3 is 2.65 bits per heavy atom. The van der Waals surface area contributed by atoms with Gasteiger partial charge >= 0.3 is 5.97 Å². The lowest BCUT2D eigenvalue weighted by atomic mass is 10.0. The number of nitrogens with one attached hydrogen (secondary N) is 2. The van der Waals surface area contributed by atoms with Crippen molar-refractivity contribution in [3.05, 3.63) is 52.6 Å². The van der Waals surface area contributed by atoms with Crippen molar-refractivity contribution >= 4 is 17.1 Å². The molecule has 0 radical (unpaired) electrons. The molecule has 3 heterocycles. The third kappa shape index (κ3) is 3.63. The highest BCUT2D eigenvalue weighted by Crippen LogP contribution is 2.35. The quantitative estimate of drug-likeness (QED) is 0.448. The first-order chi connectivity index (χ1) is 15.1. The zero-order chi connectivity index (χ0) is 21.4. The Balaban J connectivity index is 1.59. The number of carboxylic acids is 1. The molecule has 0 atom stereocenters. The molecule has 156 valence electrons. The summed E-state index contributed by atoms with van der Waals surface area (Å²) in [4.78, 5) is 34.6. The van der Waals surface area contributed by atoms with Gasteiger partial charge in [-0.15, -0.1) is 10.2 Å². The number of carbonyl (C=O) groups is 1. The zero-order valence-corrected chi connectivity index (χ0v) is 16.3. The first-order valence-corrected chi connectivity index (χ1v) is 9.90. The topological polar surface area (TPSA) is 147 Å². The number of hydrogen-bond donors (Lipinski definition) is 3. The fourth-order valence-electron chi connectivity index (χ4n) is 3.76. The standard InChI is InChI=1S/C21H18N6O4/c28-20-17-19(26-27-25-17)23-18(24-20)14-7-5-11(9-16(14)31-13-3-1-2-4-13)12-6-8-15(21(29)30)22-10-12/h5-10,13H,1-4H2,(H,29,30)(H2,23,24,25,26,27,28). The highest BCUT2D eigenvalue weighted by Gasteiger charge is 2.21. The SMILES string of the molecule is O=C(O)c1ccc(-c2ccc(-c3nc4n[nH]nc4c(=O)[nH]3)c(OC3CCCC3)c2)cn1. The molecule has 0 bridgehead atoms. The molecule has 1 saturated carbocycles. The summed E-state index contributed by atoms with van der Waals surface area (Å²) in [6.07, 6.45) is 5.75. The van der Waals surface area contributed by atoms with Crippen molar-refractivity contribution in [3.63, 3.8) is 0 Å². The molecule has 1 aliphatic carbocycles. The van der Waals surface area contributed by atoms with Gasteiger partial charge in [0.1, 0.15) is 17.3 Å². The number of benzene rings is 1. The van der Waals surface area contributed by atoms with Gasteiger partial charge in [-0.25, -0.2) is 14.8 Å². The van der Waals surface area contributed by atoms with Crippen molar-refractivity contribution in [1.82, 2.24) is 30.4 Å². The fraction of sp³-hybridized carbons (Fsp3) is 0.238. The smallest absolute Gasteiger partial charge is 0.354 e. The lowest BCUT2D eigenvalue weighted by Gasteiger charge is -2.17. The van der Waals surface area contributed by atoms with Gasteiger partial charge in [-0.2, -0.15) is 5.21 Å². The van der Waals surface area contributed by atoms with Crippen LogP contribution >= 0.6 is 0 Å². The van der Waals surface area contributed by atoms with E-state index in [4.69, 9.17) is 9.84 Å². The molecule has 0 saturated heterocycles. The van der Waals surface area contributed by atoms with Crippen LogP contribution in [0.3, 0.4) is 0 Å². The molecule has 31 heavy (non-hydrogen) atoms. The Labute approximate surface area is 175 Å². The number of nitrogens with zero attached hydrogens (tertiary/aromatic N) is 4. The van der Waals surface area contributed by atoms with Crippen LogP contribution in [-0.2, 0) is 0 Å². The van der Waals surface area contributed by atoms with Crippen molar-refractivity contribution in [2.75, 3.05) is 0 Å². The lowest BCUT2D eigenvalue weighted by Crippen LogP contribution is -2.13. The van der Waals surface area contributed by atoms with E-state index in [0.717, 1.165) is 36.8 Å². The Hall–Kier alpha value is -4.08. The monoisotopic (exact) mass is 418 g/mol. The maximum atomic E-state index is 12.4. The number of pyridine rings is 1. The predicted molar refractivity (Wildman–Crippen MR) is 111 cm³/mol. The highest BCUT2D eigenvalue weighted by atomic mass is 16.5. The summed E-state index contributed by atoms with van der Waals surface area (Å²) in [5.74, 6) is -0.159. The van der Waals surface area contributed by atoms with Gasteiger partial charge in [0.25, 0.3) is 5.56 Å². The minimum absolute atomic E-state index is 0.0227. The number of ether oxygens (including phenoxy) is 1. The molecule has 10 nitrogen and oxygen atoms in total. The van der Waals surface area contributed by atoms with Gasteiger partial charge in [-0.1, -0.05) is 12.1 Å². The molecule has 3 N–H and O–H groups in total. The second-order valence-electron chi connectivity index (χ2n) is 7.38. The first-order valence-electron chi connectivity index (χ1n) is 9.90. The Morgan fingerprint density at radius 1 is 1.10 bits per heavy atom. The minimum atomic E-state index is -1.08. The van der Waals surface area contributed by atoms with Crippen molar-refractivity contribution in [2.45, 2.75) is 31.8 Å². The molecular formula is C21H18N6O4. The van der Waals surface area contributed by atoms with Gasteiger partial charge in [0.15, 0.2) is 5.52 Å². The summed E-state index contributed by atoms with van der Waals surface area (Å²) in [6.45, 7) is 0. The van der Waals surface area contributed by atoms with Gasteiger partial charge in [-0.05, 0) is 49.4 Å². The summed E-state index contributed by atoms with van der Waals surface area (Å²) in [6, 6.07) is 8.68. The van der Waals surface area contributed by atoms with Crippen LogP contribution in [0.15, 0.2) is 41.3 Å². The van der Waals surface area contributed by atoms with Crippen molar-refractivity contribution in [3.8, 4) is 28.3 Å². The molecule has 1 aliphatic rings. The van der Waals surface area contributed by atoms with Crippen LogP contribution in [-0.4, -0.2) is 47.5 Å². The molecule has 0 aliphatic heterocycles. The van der Waals surface area contributed by atoms with E-state index in [1.807, 2.05) is 18.2 Å². The minimum Gasteiger partial charge on any atom is -0.490 e. The summed E-state index contributed by atoms with van der Waals surface area (Å²) < 4.78 is 6.30. The van der Waals surface area contributed by atoms with Gasteiger partial charge in [0.05, 0.1) is 11.7 Å². The molecular weight excluding hydrogens is 400 g/mol. The maximum absolute atomic E-state index is 12.4. The largest absolute Gasteiger partial charge is 0.490 e. The second kappa shape index (κ2) is 7.63. The number of aromatic amines is 2. The van der Waals surface area contributed by atoms with E-state index < -0.39 is 11.5 Å². The van der Waals surface area contributed by atoms with Crippen LogP contribution in [0.2, 0.25) is 0 Å². The van der Waals surface area contributed by atoms with Crippen LogP contribution < -0.4 is 10.3 Å². The molecule has 0 amide bonds. The third-order valence-corrected chi connectivity index (χ3v) is 5.34. The van der Waals surface area contributed by atoms with Gasteiger partial charge in [-0.3, -0.25) is 4.79 Å². The molecule has 0 unspecified atom stereocenters. The third-order valence-electron chi connectivity index (χ3n) is 5.34. The van der Waals surface area contributed by atoms with Crippen molar-refractivity contribution < 1.29 is 14.6 Å². The zero-order valence-electron chi connectivity index (χ0n) is 16.3. The number of aromatic carboxylic acids is 1. The van der Waals surface area contributed by atoms with Crippen molar-refractivity contribution in [1.29, 1.82) is 0 Å². The van der Waals surface area contributed by atoms with Crippen LogP contribution in [0.1, 0.15) is 36.2 Å². The normalized spacial score (nSPS) is 14.2. The molecule has 1 fully saturated rings. The lowest BCUT2D eigenvalue weighted by molar-refractivity contribution is 0.0690. The number of hydrogen-bond acceptors (Lipinski definition) is 7. The summed E-state index contributed by atoms with van der Waals surface area (Å²) >= 11 is 0. The van der Waals surface area contributed by atoms with E-state index in [0.29, 0.717) is 17.1 Å². The van der Waals surface area contributed by atoms with Gasteiger partial charge in [0, 0.05) is 11.8 Å². The number of fused-ring (bicyclic) bond motifs is 1. The van der Waals surface area contributed by atoms with Crippen LogP contribution in [0.25, 0.3) is 33.7 Å². The molecule has 4 aromatic rings. The maximum Gasteiger partial charge on any atom is 0.354 e. The van der Waals surface area contributed by atoms with Gasteiger partial charge < -0.3 is 14.8 Å². The summed E-state index contributed by atoms with van der Waals surface area (Å²) in [5.41, 5.74) is 2.15. The Morgan fingerprint density at radius 2 is 1.90 bits per heavy atom. The number of H-pyrrole nitrogens is 2. The number of aromatic nitrogens is 6. The average Bonchev–Trinajstić information content (AvgIpc) is 3.46. The molecule has 0 spiro atoms. The fourth-order valence-corrected chi connectivity index (χ4v) is 3.76. The molecule has 3 aromatic heterocycles. The molecule has 1 aromatic carbocycles. The van der Waals surface area contributed by atoms with Crippen LogP contribution in [0.5, 0.6) is 5.75 Å². The predicted octanol–water partition coefficient (Wildman–Crippen LogP) is 2.79. The van der Waals surface area contributed by atoms with E-state index in [9.17, 15) is 9.59 Å². The van der Waals surface area contributed by atoms with Crippen LogP contribution in [0.4, 0.5) is 0 Å². The number of rotatable bonds is 5.